The fraction of sp³-hybridized carbons (Fsp3) is 0.500. The van der Waals surface area contributed by atoms with Crippen molar-refractivity contribution >= 4 is 5.69 Å². The average molecular weight is 213 g/mol. The topological polar surface area (TPSA) is 12.0 Å². The largest absolute Gasteiger partial charge is 0.380 e. The number of nitrogens with one attached hydrogen (secondary N) is 1. The van der Waals surface area contributed by atoms with Gasteiger partial charge in [-0.05, 0) is 31.4 Å². The molecule has 3 heteroatoms. The van der Waals surface area contributed by atoms with Gasteiger partial charge in [-0.15, -0.1) is 0 Å². The molecule has 0 aromatic heterocycles. The molecule has 0 heterocycles. The highest BCUT2D eigenvalue weighted by Crippen LogP contribution is 2.20. The van der Waals surface area contributed by atoms with E-state index in [9.17, 15) is 8.78 Å². The van der Waals surface area contributed by atoms with Gasteiger partial charge >= 0.3 is 0 Å². The van der Waals surface area contributed by atoms with Crippen LogP contribution < -0.4 is 5.32 Å². The molecule has 0 spiro atoms. The van der Waals surface area contributed by atoms with E-state index in [1.54, 1.807) is 6.92 Å². The first-order valence-corrected chi connectivity index (χ1v) is 5.14. The van der Waals surface area contributed by atoms with E-state index >= 15 is 0 Å². The zero-order valence-corrected chi connectivity index (χ0v) is 9.57. The van der Waals surface area contributed by atoms with Crippen LogP contribution in [0.15, 0.2) is 12.1 Å². The summed E-state index contributed by atoms with van der Waals surface area (Å²) in [5.74, 6) is -0.412. The smallest absolute Gasteiger partial charge is 0.146 e. The average Bonchev–Trinajstić information content (AvgIpc) is 2.13. The van der Waals surface area contributed by atoms with Crippen molar-refractivity contribution in [1.82, 2.24) is 0 Å². The van der Waals surface area contributed by atoms with Crippen molar-refractivity contribution in [3.8, 4) is 0 Å². The number of halogens is 2. The van der Waals surface area contributed by atoms with Crippen LogP contribution >= 0.6 is 0 Å². The van der Waals surface area contributed by atoms with Gasteiger partial charge in [0, 0.05) is 12.1 Å². The van der Waals surface area contributed by atoms with Gasteiger partial charge in [0.2, 0.25) is 0 Å². The molecule has 1 unspecified atom stereocenters. The van der Waals surface area contributed by atoms with Gasteiger partial charge < -0.3 is 5.32 Å². The highest BCUT2D eigenvalue weighted by Gasteiger charge is 2.11. The molecule has 1 aromatic carbocycles. The molecular weight excluding hydrogens is 196 g/mol. The van der Waals surface area contributed by atoms with Crippen LogP contribution in [-0.2, 0) is 0 Å². The summed E-state index contributed by atoms with van der Waals surface area (Å²) in [6.45, 7) is 7.55. The lowest BCUT2D eigenvalue weighted by Crippen LogP contribution is -2.22. The summed E-state index contributed by atoms with van der Waals surface area (Å²) in [7, 11) is 0. The second-order valence-corrected chi connectivity index (χ2v) is 4.26. The van der Waals surface area contributed by atoms with Crippen molar-refractivity contribution in [3.05, 3.63) is 29.3 Å². The molecule has 0 aliphatic heterocycles. The fourth-order valence-corrected chi connectivity index (χ4v) is 1.17. The van der Waals surface area contributed by atoms with Crippen LogP contribution in [0.1, 0.15) is 26.3 Å². The summed E-state index contributed by atoms with van der Waals surface area (Å²) < 4.78 is 26.6. The van der Waals surface area contributed by atoms with Crippen molar-refractivity contribution in [1.29, 1.82) is 0 Å². The second kappa shape index (κ2) is 4.60. The Hall–Kier alpha value is -1.12. The minimum absolute atomic E-state index is 0.113. The van der Waals surface area contributed by atoms with E-state index in [4.69, 9.17) is 0 Å². The Labute approximate surface area is 89.5 Å². The highest BCUT2D eigenvalue weighted by atomic mass is 19.1. The van der Waals surface area contributed by atoms with Crippen LogP contribution in [0.2, 0.25) is 0 Å². The summed E-state index contributed by atoms with van der Waals surface area (Å²) in [4.78, 5) is 0. The summed E-state index contributed by atoms with van der Waals surface area (Å²) in [5, 5.41) is 2.96. The zero-order chi connectivity index (χ0) is 11.6. The van der Waals surface area contributed by atoms with Gasteiger partial charge in [0.15, 0.2) is 0 Å². The first-order valence-electron chi connectivity index (χ1n) is 5.14. The second-order valence-electron chi connectivity index (χ2n) is 4.26. The summed E-state index contributed by atoms with van der Waals surface area (Å²) in [6, 6.07) is 2.54. The molecule has 0 saturated carbocycles. The number of anilines is 1. The van der Waals surface area contributed by atoms with Crippen LogP contribution in [0.25, 0.3) is 0 Å². The van der Waals surface area contributed by atoms with Crippen LogP contribution in [0.5, 0.6) is 0 Å². The molecule has 84 valence electrons. The molecular formula is C12H17F2N. The molecule has 1 atom stereocenters. The van der Waals surface area contributed by atoms with Gasteiger partial charge in [-0.3, -0.25) is 0 Å². The van der Waals surface area contributed by atoms with Gasteiger partial charge in [0.25, 0.3) is 0 Å². The lowest BCUT2D eigenvalue weighted by atomic mass is 10.1. The van der Waals surface area contributed by atoms with Gasteiger partial charge in [0.05, 0.1) is 5.69 Å². The van der Waals surface area contributed by atoms with Crippen LogP contribution in [-0.4, -0.2) is 6.04 Å². The van der Waals surface area contributed by atoms with Crippen LogP contribution in [0, 0.1) is 24.5 Å². The fourth-order valence-electron chi connectivity index (χ4n) is 1.17. The van der Waals surface area contributed by atoms with Crippen LogP contribution in [0.3, 0.4) is 0 Å². The van der Waals surface area contributed by atoms with E-state index in [0.717, 1.165) is 0 Å². The lowest BCUT2D eigenvalue weighted by molar-refractivity contribution is 0.548. The Bertz CT molecular complexity index is 348. The Morgan fingerprint density at radius 1 is 1.07 bits per heavy atom. The summed E-state index contributed by atoms with van der Waals surface area (Å²) in [5.41, 5.74) is 0.564. The van der Waals surface area contributed by atoms with Gasteiger partial charge in [0.1, 0.15) is 11.6 Å². The number of hydrogen-bond donors (Lipinski definition) is 1. The van der Waals surface area contributed by atoms with E-state index in [2.05, 4.69) is 5.32 Å². The van der Waals surface area contributed by atoms with Crippen molar-refractivity contribution in [2.45, 2.75) is 33.7 Å². The normalized spacial score (nSPS) is 13.0. The molecule has 0 amide bonds. The predicted molar refractivity (Wildman–Crippen MR) is 59.0 cm³/mol. The molecule has 1 nitrogen and oxygen atoms in total. The lowest BCUT2D eigenvalue weighted by Gasteiger charge is -2.19. The number of benzene rings is 1. The number of hydrogen-bond acceptors (Lipinski definition) is 1. The van der Waals surface area contributed by atoms with Gasteiger partial charge in [-0.25, -0.2) is 8.78 Å². The van der Waals surface area contributed by atoms with Gasteiger partial charge in [-0.1, -0.05) is 13.8 Å². The van der Waals surface area contributed by atoms with Crippen LogP contribution in [0.4, 0.5) is 14.5 Å². The highest BCUT2D eigenvalue weighted by molar-refractivity contribution is 5.47. The maximum absolute atomic E-state index is 13.4. The third kappa shape index (κ3) is 2.91. The molecule has 0 aliphatic rings. The SMILES string of the molecule is Cc1cc(F)c(NC(C)C(C)C)cc1F. The van der Waals surface area contributed by atoms with Crippen molar-refractivity contribution < 1.29 is 8.78 Å². The third-order valence-corrected chi connectivity index (χ3v) is 2.63. The molecule has 0 fully saturated rings. The Kier molecular flexibility index (Phi) is 3.66. The summed E-state index contributed by atoms with van der Waals surface area (Å²) >= 11 is 0. The molecule has 0 radical (unpaired) electrons. The monoisotopic (exact) mass is 213 g/mol. The zero-order valence-electron chi connectivity index (χ0n) is 9.57. The summed E-state index contributed by atoms with van der Waals surface area (Å²) in [6.07, 6.45) is 0. The first-order chi connectivity index (χ1) is 6.91. The van der Waals surface area contributed by atoms with E-state index in [1.165, 1.54) is 12.1 Å². The van der Waals surface area contributed by atoms with E-state index in [-0.39, 0.29) is 17.5 Å². The third-order valence-electron chi connectivity index (χ3n) is 2.63. The van der Waals surface area contributed by atoms with Crippen molar-refractivity contribution in [2.75, 3.05) is 5.32 Å². The number of aryl methyl sites for hydroxylation is 1. The standard InChI is InChI=1S/C12H17F2N/c1-7(2)9(4)15-12-6-10(13)8(3)5-11(12)14/h5-7,9,15H,1-4H3. The maximum Gasteiger partial charge on any atom is 0.146 e. The predicted octanol–water partition coefficient (Wildman–Crippen LogP) is 3.73. The maximum atomic E-state index is 13.4. The molecule has 0 saturated heterocycles. The Balaban J connectivity index is 2.91. The minimum Gasteiger partial charge on any atom is -0.380 e. The number of rotatable bonds is 3. The van der Waals surface area contributed by atoms with E-state index in [1.807, 2.05) is 20.8 Å². The van der Waals surface area contributed by atoms with Gasteiger partial charge in [-0.2, -0.15) is 0 Å². The molecule has 0 bridgehead atoms. The molecule has 1 N–H and O–H groups in total. The minimum atomic E-state index is -0.401. The Morgan fingerprint density at radius 2 is 1.67 bits per heavy atom. The molecule has 15 heavy (non-hydrogen) atoms. The Morgan fingerprint density at radius 3 is 2.20 bits per heavy atom. The van der Waals surface area contributed by atoms with Crippen molar-refractivity contribution in [3.63, 3.8) is 0 Å². The molecule has 0 aliphatic carbocycles. The quantitative estimate of drug-likeness (QED) is 0.806. The van der Waals surface area contributed by atoms with Crippen molar-refractivity contribution in [2.24, 2.45) is 5.92 Å². The molecule has 1 aromatic rings. The first kappa shape index (κ1) is 12.0. The van der Waals surface area contributed by atoms with E-state index in [0.29, 0.717) is 11.5 Å². The van der Waals surface area contributed by atoms with E-state index < -0.39 is 5.82 Å². The molecule has 1 rings (SSSR count).